The Balaban J connectivity index is 0.000000142. The maximum Gasteiger partial charge on any atom is -0.00102 e. The molecule has 3 heterocycles. The molecule has 4 bridgehead atoms. The molecule has 8 rings (SSSR count). The largest absolute Gasteiger partial charge is 0.303 e. The van der Waals surface area contributed by atoms with E-state index in [9.17, 15) is 0 Å². The van der Waals surface area contributed by atoms with E-state index in [0.29, 0.717) is 22.7 Å². The lowest BCUT2D eigenvalue weighted by atomic mass is 9.58. The van der Waals surface area contributed by atoms with Crippen molar-refractivity contribution in [3.63, 3.8) is 0 Å². The Kier molecular flexibility index (Phi) is 6.95. The van der Waals surface area contributed by atoms with Crippen molar-refractivity contribution in [1.82, 2.24) is 4.90 Å². The van der Waals surface area contributed by atoms with Gasteiger partial charge in [0.2, 0.25) is 0 Å². The summed E-state index contributed by atoms with van der Waals surface area (Å²) in [4.78, 5) is 2.62. The number of hydrogen-bond donors (Lipinski definition) is 0. The maximum absolute atomic E-state index is 2.62. The van der Waals surface area contributed by atoms with Gasteiger partial charge in [-0.25, -0.2) is 0 Å². The molecule has 1 heteroatoms. The monoisotopic (exact) mass is 457 g/mol. The zero-order chi connectivity index (χ0) is 23.8. The van der Waals surface area contributed by atoms with Gasteiger partial charge < -0.3 is 4.90 Å². The first-order valence-electron chi connectivity index (χ1n) is 14.3. The molecule has 0 amide bonds. The van der Waals surface area contributed by atoms with E-state index < -0.39 is 0 Å². The van der Waals surface area contributed by atoms with Crippen molar-refractivity contribution in [3.05, 3.63) is 70.8 Å². The van der Waals surface area contributed by atoms with Crippen LogP contribution in [0.2, 0.25) is 0 Å². The van der Waals surface area contributed by atoms with Gasteiger partial charge in [-0.2, -0.15) is 0 Å². The second kappa shape index (κ2) is 9.81. The van der Waals surface area contributed by atoms with E-state index >= 15 is 0 Å². The fourth-order valence-electron chi connectivity index (χ4n) is 7.39. The molecule has 1 nitrogen and oxygen atoms in total. The summed E-state index contributed by atoms with van der Waals surface area (Å²) < 4.78 is 0. The van der Waals surface area contributed by atoms with Gasteiger partial charge in [0.05, 0.1) is 0 Å². The predicted octanol–water partition coefficient (Wildman–Crippen LogP) is 8.58. The number of fused-ring (bicyclic) bond motifs is 6. The van der Waals surface area contributed by atoms with Gasteiger partial charge in [-0.1, -0.05) is 76.2 Å². The van der Waals surface area contributed by atoms with Crippen molar-refractivity contribution < 1.29 is 0 Å². The third-order valence-electron chi connectivity index (χ3n) is 10.2. The Bertz CT molecular complexity index is 812. The lowest BCUT2D eigenvalue weighted by molar-refractivity contribution is 0.0818. The Morgan fingerprint density at radius 1 is 0.559 bits per heavy atom. The molecule has 0 aromatic heterocycles. The Morgan fingerprint density at radius 3 is 1.26 bits per heavy atom. The average molecular weight is 458 g/mol. The average Bonchev–Trinajstić information content (AvgIpc) is 2.91. The van der Waals surface area contributed by atoms with Gasteiger partial charge in [0.15, 0.2) is 0 Å². The van der Waals surface area contributed by atoms with Crippen LogP contribution < -0.4 is 0 Å². The molecule has 3 saturated carbocycles. The number of rotatable bonds is 4. The fraction of sp³-hybridized carbons (Fsp3) is 0.636. The summed E-state index contributed by atoms with van der Waals surface area (Å²) in [6.45, 7) is 13.0. The van der Waals surface area contributed by atoms with E-state index in [2.05, 4.69) is 81.1 Å². The van der Waals surface area contributed by atoms with Crippen molar-refractivity contribution in [2.45, 2.75) is 108 Å². The van der Waals surface area contributed by atoms with Crippen molar-refractivity contribution in [2.24, 2.45) is 5.92 Å². The van der Waals surface area contributed by atoms with Crippen molar-refractivity contribution >= 4 is 0 Å². The van der Waals surface area contributed by atoms with Crippen LogP contribution in [0, 0.1) is 5.92 Å². The standard InChI is InChI=1S/C17H24.C16H23N/c1-13(2)15-3-5-16(6-4-15)17-10-7-14(8-11-17)9-12-17;1-13(2)14-3-5-15(6-4-14)16-7-10-17(11-8-16)12-9-16/h3-6,13-14H,7-12H2,1-2H3;3-6,13H,7-12H2,1-2H3. The molecule has 2 aromatic rings. The summed E-state index contributed by atoms with van der Waals surface area (Å²) in [5.41, 5.74) is 7.25. The van der Waals surface area contributed by atoms with Crippen LogP contribution in [0.1, 0.15) is 120 Å². The van der Waals surface area contributed by atoms with Crippen molar-refractivity contribution in [1.29, 1.82) is 0 Å². The normalized spacial score (nSPS) is 32.1. The van der Waals surface area contributed by atoms with Crippen LogP contribution in [-0.2, 0) is 10.8 Å². The predicted molar refractivity (Wildman–Crippen MR) is 146 cm³/mol. The smallest absolute Gasteiger partial charge is 0.00102 e. The third-order valence-corrected chi connectivity index (χ3v) is 10.2. The molecule has 3 saturated heterocycles. The highest BCUT2D eigenvalue weighted by molar-refractivity contribution is 5.33. The number of nitrogens with zero attached hydrogens (tertiary/aromatic N) is 1. The quantitative estimate of drug-likeness (QED) is 0.444. The number of hydrogen-bond acceptors (Lipinski definition) is 1. The summed E-state index contributed by atoms with van der Waals surface area (Å²) in [5.74, 6) is 2.37. The second-order valence-electron chi connectivity index (χ2n) is 12.7. The molecule has 6 fully saturated rings. The highest BCUT2D eigenvalue weighted by atomic mass is 15.1. The maximum atomic E-state index is 2.62. The zero-order valence-electron chi connectivity index (χ0n) is 22.3. The minimum Gasteiger partial charge on any atom is -0.303 e. The molecule has 184 valence electrons. The molecule has 0 spiro atoms. The first kappa shape index (κ1) is 24.1. The van der Waals surface area contributed by atoms with E-state index in [1.54, 1.807) is 11.1 Å². The molecule has 6 aliphatic rings. The van der Waals surface area contributed by atoms with Gasteiger partial charge >= 0.3 is 0 Å². The van der Waals surface area contributed by atoms with Crippen LogP contribution in [-0.4, -0.2) is 24.5 Å². The first-order chi connectivity index (χ1) is 16.4. The van der Waals surface area contributed by atoms with Crippen LogP contribution in [0.5, 0.6) is 0 Å². The second-order valence-corrected chi connectivity index (χ2v) is 12.7. The molecule has 0 atom stereocenters. The minimum absolute atomic E-state index is 0.518. The number of benzene rings is 2. The van der Waals surface area contributed by atoms with E-state index in [0.717, 1.165) is 5.92 Å². The Labute approximate surface area is 209 Å². The van der Waals surface area contributed by atoms with Gasteiger partial charge in [-0.05, 0) is 128 Å². The van der Waals surface area contributed by atoms with Gasteiger partial charge in [0.1, 0.15) is 0 Å². The third kappa shape index (κ3) is 4.75. The topological polar surface area (TPSA) is 3.24 Å². The van der Waals surface area contributed by atoms with Crippen LogP contribution >= 0.6 is 0 Å². The zero-order valence-corrected chi connectivity index (χ0v) is 22.3. The molecule has 3 aliphatic heterocycles. The lowest BCUT2D eigenvalue weighted by Gasteiger charge is -2.49. The fourth-order valence-corrected chi connectivity index (χ4v) is 7.39. The molecule has 0 radical (unpaired) electrons. The van der Waals surface area contributed by atoms with E-state index in [4.69, 9.17) is 0 Å². The molecular formula is C33H47N. The highest BCUT2D eigenvalue weighted by Gasteiger charge is 2.41. The minimum atomic E-state index is 0.518. The van der Waals surface area contributed by atoms with Crippen LogP contribution in [0.3, 0.4) is 0 Å². The molecule has 0 N–H and O–H groups in total. The SMILES string of the molecule is CC(C)c1ccc(C23CCC(CC2)CC3)cc1.CC(C)c1ccc(C23CCN(CC2)CC3)cc1. The summed E-state index contributed by atoms with van der Waals surface area (Å²) >= 11 is 0. The van der Waals surface area contributed by atoms with Gasteiger partial charge in [-0.15, -0.1) is 0 Å². The van der Waals surface area contributed by atoms with E-state index in [-0.39, 0.29) is 0 Å². The van der Waals surface area contributed by atoms with Gasteiger partial charge in [-0.3, -0.25) is 0 Å². The van der Waals surface area contributed by atoms with Crippen LogP contribution in [0.4, 0.5) is 0 Å². The summed E-state index contributed by atoms with van der Waals surface area (Å²) in [6.07, 6.45) is 12.9. The van der Waals surface area contributed by atoms with Crippen molar-refractivity contribution in [3.8, 4) is 0 Å². The van der Waals surface area contributed by atoms with E-state index in [1.165, 1.54) is 88.5 Å². The van der Waals surface area contributed by atoms with Crippen molar-refractivity contribution in [2.75, 3.05) is 19.6 Å². The lowest BCUT2D eigenvalue weighted by Crippen LogP contribution is -2.50. The Hall–Kier alpha value is -1.60. The number of piperidine rings is 3. The van der Waals surface area contributed by atoms with Gasteiger partial charge in [0.25, 0.3) is 0 Å². The summed E-state index contributed by atoms with van der Waals surface area (Å²) in [7, 11) is 0. The molecule has 2 aromatic carbocycles. The molecular weight excluding hydrogens is 410 g/mol. The molecule has 0 unspecified atom stereocenters. The Morgan fingerprint density at radius 2 is 0.912 bits per heavy atom. The van der Waals surface area contributed by atoms with Gasteiger partial charge in [0, 0.05) is 0 Å². The molecule has 34 heavy (non-hydrogen) atoms. The summed E-state index contributed by atoms with van der Waals surface area (Å²) in [6, 6.07) is 19.0. The van der Waals surface area contributed by atoms with Crippen LogP contribution in [0.15, 0.2) is 48.5 Å². The molecule has 3 aliphatic carbocycles. The highest BCUT2D eigenvalue weighted by Crippen LogP contribution is 2.51. The summed E-state index contributed by atoms with van der Waals surface area (Å²) in [5, 5.41) is 0. The first-order valence-corrected chi connectivity index (χ1v) is 14.3. The van der Waals surface area contributed by atoms with E-state index in [1.807, 2.05) is 0 Å². The van der Waals surface area contributed by atoms with Crippen LogP contribution in [0.25, 0.3) is 0 Å².